The van der Waals surface area contributed by atoms with Crippen LogP contribution in [0, 0.1) is 0 Å². The highest BCUT2D eigenvalue weighted by molar-refractivity contribution is 6.08. The van der Waals surface area contributed by atoms with Gasteiger partial charge in [0.15, 0.2) is 5.76 Å². The van der Waals surface area contributed by atoms with Gasteiger partial charge in [0, 0.05) is 38.6 Å². The summed E-state index contributed by atoms with van der Waals surface area (Å²) >= 11 is 0. The molecular weight excluding hydrogens is 384 g/mol. The Bertz CT molecular complexity index is 1320. The van der Waals surface area contributed by atoms with E-state index in [0.29, 0.717) is 43.0 Å². The van der Waals surface area contributed by atoms with E-state index < -0.39 is 0 Å². The number of H-pyrrole nitrogens is 1. The number of nitrogens with one attached hydrogen (secondary N) is 1. The number of benzene rings is 1. The Morgan fingerprint density at radius 2 is 1.63 bits per heavy atom. The highest BCUT2D eigenvalue weighted by Gasteiger charge is 2.28. The molecule has 4 aromatic rings. The van der Waals surface area contributed by atoms with Crippen molar-refractivity contribution in [1.29, 1.82) is 0 Å². The third kappa shape index (κ3) is 2.80. The minimum atomic E-state index is -0.216. The summed E-state index contributed by atoms with van der Waals surface area (Å²) in [5.74, 6) is -0.0217. The SMILES string of the molecule is Cn1c(C(=O)N2CCN(C(=O)c3ccco3)CC2)cc2c(=O)[nH]c3ccccc3c21. The number of furan rings is 1. The molecular formula is C22H20N4O4. The van der Waals surface area contributed by atoms with Gasteiger partial charge < -0.3 is 23.8 Å². The van der Waals surface area contributed by atoms with Gasteiger partial charge in [-0.25, -0.2) is 0 Å². The number of amides is 2. The predicted octanol–water partition coefficient (Wildman–Crippen LogP) is 2.21. The second-order valence-corrected chi connectivity index (χ2v) is 7.41. The van der Waals surface area contributed by atoms with Gasteiger partial charge in [-0.15, -0.1) is 0 Å². The van der Waals surface area contributed by atoms with Crippen molar-refractivity contribution in [2.45, 2.75) is 0 Å². The Labute approximate surface area is 171 Å². The van der Waals surface area contributed by atoms with Gasteiger partial charge in [0.25, 0.3) is 17.4 Å². The van der Waals surface area contributed by atoms with E-state index in [2.05, 4.69) is 4.98 Å². The van der Waals surface area contributed by atoms with E-state index in [0.717, 1.165) is 16.4 Å². The van der Waals surface area contributed by atoms with Crippen LogP contribution in [0.5, 0.6) is 0 Å². The van der Waals surface area contributed by atoms with E-state index in [1.165, 1.54) is 6.26 Å². The molecule has 30 heavy (non-hydrogen) atoms. The molecule has 0 atom stereocenters. The van der Waals surface area contributed by atoms with Crippen LogP contribution in [0.1, 0.15) is 21.0 Å². The third-order valence-corrected chi connectivity index (χ3v) is 5.71. The minimum Gasteiger partial charge on any atom is -0.459 e. The van der Waals surface area contributed by atoms with E-state index in [1.807, 2.05) is 24.3 Å². The van der Waals surface area contributed by atoms with E-state index in [4.69, 9.17) is 4.42 Å². The standard InChI is InChI=1S/C22H20N4O4/c1-24-17(13-15-19(24)14-5-2-3-6-16(14)23-20(15)27)21(28)25-8-10-26(11-9-25)22(29)18-7-4-12-30-18/h2-7,12-13H,8-11H2,1H3,(H,23,27). The molecule has 0 saturated carbocycles. The molecule has 1 aromatic carbocycles. The van der Waals surface area contributed by atoms with E-state index in [9.17, 15) is 14.4 Å². The number of hydrogen-bond acceptors (Lipinski definition) is 4. The molecule has 8 nitrogen and oxygen atoms in total. The fourth-order valence-electron chi connectivity index (χ4n) is 4.13. The second-order valence-electron chi connectivity index (χ2n) is 7.41. The minimum absolute atomic E-state index is 0.151. The van der Waals surface area contributed by atoms with Crippen molar-refractivity contribution in [3.8, 4) is 0 Å². The van der Waals surface area contributed by atoms with Crippen LogP contribution in [0.15, 0.2) is 57.9 Å². The quantitative estimate of drug-likeness (QED) is 0.555. The average molecular weight is 404 g/mol. The van der Waals surface area contributed by atoms with Crippen LogP contribution in [0.3, 0.4) is 0 Å². The molecule has 0 aliphatic carbocycles. The summed E-state index contributed by atoms with van der Waals surface area (Å²) in [5, 5.41) is 1.38. The number of hydrogen-bond donors (Lipinski definition) is 1. The second kappa shape index (κ2) is 6.91. The van der Waals surface area contributed by atoms with Gasteiger partial charge in [-0.3, -0.25) is 14.4 Å². The smallest absolute Gasteiger partial charge is 0.289 e. The summed E-state index contributed by atoms with van der Waals surface area (Å²) in [6.45, 7) is 1.70. The van der Waals surface area contributed by atoms with Crippen LogP contribution in [0.2, 0.25) is 0 Å². The highest BCUT2D eigenvalue weighted by atomic mass is 16.3. The number of fused-ring (bicyclic) bond motifs is 3. The van der Waals surface area contributed by atoms with Crippen LogP contribution in [0.25, 0.3) is 21.8 Å². The number of carbonyl (C=O) groups is 2. The molecule has 3 aromatic heterocycles. The lowest BCUT2D eigenvalue weighted by atomic mass is 10.1. The summed E-state index contributed by atoms with van der Waals surface area (Å²) < 4.78 is 6.97. The molecule has 0 spiro atoms. The van der Waals surface area contributed by atoms with E-state index >= 15 is 0 Å². The topological polar surface area (TPSA) is 91.6 Å². The summed E-state index contributed by atoms with van der Waals surface area (Å²) in [6.07, 6.45) is 1.47. The molecule has 152 valence electrons. The largest absolute Gasteiger partial charge is 0.459 e. The van der Waals surface area contributed by atoms with Gasteiger partial charge in [0.2, 0.25) is 0 Å². The number of aromatic nitrogens is 2. The molecule has 4 heterocycles. The summed E-state index contributed by atoms with van der Waals surface area (Å²) in [5.41, 5.74) is 1.72. The van der Waals surface area contributed by atoms with Crippen LogP contribution in [-0.4, -0.2) is 57.3 Å². The van der Waals surface area contributed by atoms with Crippen LogP contribution in [-0.2, 0) is 7.05 Å². The Morgan fingerprint density at radius 1 is 0.933 bits per heavy atom. The zero-order chi connectivity index (χ0) is 20.8. The van der Waals surface area contributed by atoms with Crippen molar-refractivity contribution < 1.29 is 14.0 Å². The first-order valence-corrected chi connectivity index (χ1v) is 9.77. The van der Waals surface area contributed by atoms with Gasteiger partial charge in [-0.05, 0) is 24.3 Å². The number of carbonyl (C=O) groups excluding carboxylic acids is 2. The Kier molecular flexibility index (Phi) is 4.20. The first-order valence-electron chi connectivity index (χ1n) is 9.77. The number of aromatic amines is 1. The molecule has 1 aliphatic heterocycles. The lowest BCUT2D eigenvalue weighted by molar-refractivity contribution is 0.0513. The number of para-hydroxylation sites is 1. The van der Waals surface area contributed by atoms with Crippen molar-refractivity contribution in [1.82, 2.24) is 19.4 Å². The van der Waals surface area contributed by atoms with Gasteiger partial charge in [0.1, 0.15) is 5.69 Å². The van der Waals surface area contributed by atoms with Gasteiger partial charge >= 0.3 is 0 Å². The van der Waals surface area contributed by atoms with Crippen molar-refractivity contribution in [2.75, 3.05) is 26.2 Å². The fourth-order valence-corrected chi connectivity index (χ4v) is 4.13. The van der Waals surface area contributed by atoms with Gasteiger partial charge in [0.05, 0.1) is 22.7 Å². The maximum Gasteiger partial charge on any atom is 0.289 e. The molecule has 1 aliphatic rings. The molecule has 2 amide bonds. The lowest BCUT2D eigenvalue weighted by Gasteiger charge is -2.34. The average Bonchev–Trinajstić information content (AvgIpc) is 3.42. The molecule has 0 radical (unpaired) electrons. The molecule has 1 fully saturated rings. The lowest BCUT2D eigenvalue weighted by Crippen LogP contribution is -2.50. The number of rotatable bonds is 2. The Morgan fingerprint density at radius 3 is 2.33 bits per heavy atom. The van der Waals surface area contributed by atoms with Gasteiger partial charge in [-0.2, -0.15) is 0 Å². The molecule has 1 saturated heterocycles. The van der Waals surface area contributed by atoms with Crippen molar-refractivity contribution in [3.05, 3.63) is 70.5 Å². The maximum atomic E-state index is 13.2. The number of piperazine rings is 1. The van der Waals surface area contributed by atoms with Crippen LogP contribution >= 0.6 is 0 Å². The van der Waals surface area contributed by atoms with Crippen molar-refractivity contribution in [3.63, 3.8) is 0 Å². The van der Waals surface area contributed by atoms with Crippen molar-refractivity contribution >= 4 is 33.6 Å². The van der Waals surface area contributed by atoms with Crippen LogP contribution in [0.4, 0.5) is 0 Å². The van der Waals surface area contributed by atoms with Gasteiger partial charge in [-0.1, -0.05) is 18.2 Å². The zero-order valence-electron chi connectivity index (χ0n) is 16.4. The summed E-state index contributed by atoms with van der Waals surface area (Å²) in [4.78, 5) is 44.5. The molecule has 8 heteroatoms. The number of pyridine rings is 1. The third-order valence-electron chi connectivity index (χ3n) is 5.71. The molecule has 0 bridgehead atoms. The molecule has 1 N–H and O–H groups in total. The number of nitrogens with zero attached hydrogens (tertiary/aromatic N) is 3. The summed E-state index contributed by atoms with van der Waals surface area (Å²) in [6, 6.07) is 12.5. The normalized spacial score (nSPS) is 14.6. The maximum absolute atomic E-state index is 13.2. The van der Waals surface area contributed by atoms with Crippen molar-refractivity contribution in [2.24, 2.45) is 7.05 Å². The predicted molar refractivity (Wildman–Crippen MR) is 112 cm³/mol. The Hall–Kier alpha value is -3.81. The first kappa shape index (κ1) is 18.2. The Balaban J connectivity index is 1.43. The first-order chi connectivity index (χ1) is 14.5. The summed E-state index contributed by atoms with van der Waals surface area (Å²) in [7, 11) is 1.80. The monoisotopic (exact) mass is 404 g/mol. The van der Waals surface area contributed by atoms with E-state index in [-0.39, 0.29) is 17.4 Å². The molecule has 0 unspecified atom stereocenters. The zero-order valence-corrected chi connectivity index (χ0v) is 16.4. The highest BCUT2D eigenvalue weighted by Crippen LogP contribution is 2.25. The van der Waals surface area contributed by atoms with Crippen LogP contribution < -0.4 is 5.56 Å². The fraction of sp³-hybridized carbons (Fsp3) is 0.227. The van der Waals surface area contributed by atoms with E-state index in [1.54, 1.807) is 39.6 Å². The number of aryl methyl sites for hydroxylation is 1. The molecule has 5 rings (SSSR count).